The van der Waals surface area contributed by atoms with Crippen molar-refractivity contribution in [1.82, 2.24) is 0 Å². The second-order valence-corrected chi connectivity index (χ2v) is 20.4. The van der Waals surface area contributed by atoms with Crippen LogP contribution in [0.2, 0.25) is 0 Å². The Balaban J connectivity index is -0.000000995. The maximum atomic E-state index is 11.8. The van der Waals surface area contributed by atoms with Gasteiger partial charge in [0, 0.05) is 22.6 Å². The molecule has 478 valence electrons. The maximum absolute atomic E-state index is 11.8. The topological polar surface area (TPSA) is 41.1 Å². The third kappa shape index (κ3) is 33.2. The highest BCUT2D eigenvalue weighted by Crippen LogP contribution is 2.21. The second-order valence-electron chi connectivity index (χ2n) is 20.4. The van der Waals surface area contributed by atoms with E-state index < -0.39 is 0 Å². The number of carbonyl (C=O) groups is 1. The lowest BCUT2D eigenvalue weighted by Crippen LogP contribution is -2.11. The van der Waals surface area contributed by atoms with Crippen LogP contribution in [0, 0.1) is 69.2 Å². The zero-order valence-corrected chi connectivity index (χ0v) is 52.5. The molecule has 0 saturated carbocycles. The van der Waals surface area contributed by atoms with Crippen molar-refractivity contribution in [3.8, 4) is 11.1 Å². The van der Waals surface area contributed by atoms with E-state index in [1.807, 2.05) is 107 Å². The van der Waals surface area contributed by atoms with Crippen molar-refractivity contribution in [2.45, 2.75) is 141 Å². The summed E-state index contributed by atoms with van der Waals surface area (Å²) in [6.45, 7) is 28.9. The van der Waals surface area contributed by atoms with Crippen molar-refractivity contribution < 1.29 is 4.79 Å². The zero-order chi connectivity index (χ0) is 61.1. The number of benzene rings is 11. The highest BCUT2D eigenvalue weighted by molar-refractivity contribution is 6.04. The van der Waals surface area contributed by atoms with Crippen LogP contribution in [0.25, 0.3) is 34.1 Å². The van der Waals surface area contributed by atoms with E-state index in [1.54, 1.807) is 0 Å². The number of amides is 1. The zero-order valence-electron chi connectivity index (χ0n) is 52.5. The van der Waals surface area contributed by atoms with Gasteiger partial charge >= 0.3 is 0 Å². The lowest BCUT2D eigenvalue weighted by atomic mass is 10.0. The Kier molecular flexibility index (Phi) is 45.0. The van der Waals surface area contributed by atoms with Gasteiger partial charge in [0.25, 0.3) is 5.91 Å². The summed E-state index contributed by atoms with van der Waals surface area (Å²) >= 11 is 0. The van der Waals surface area contributed by atoms with Crippen molar-refractivity contribution >= 4 is 45.9 Å². The van der Waals surface area contributed by atoms with Gasteiger partial charge in [-0.25, -0.2) is 0 Å². The van der Waals surface area contributed by atoms with Gasteiger partial charge in [-0.1, -0.05) is 358 Å². The molecule has 0 radical (unpaired) electrons. The average molecular weight is 1200 g/mol. The van der Waals surface area contributed by atoms with Crippen molar-refractivity contribution in [1.29, 1.82) is 0 Å². The Morgan fingerprint density at radius 1 is 0.267 bits per heavy atom. The van der Waals surface area contributed by atoms with Crippen LogP contribution in [0.5, 0.6) is 0 Å². The smallest absolute Gasteiger partial charge is 0.255 e. The summed E-state index contributed by atoms with van der Waals surface area (Å²) in [5, 5.41) is 8.86. The average Bonchev–Trinajstić information content (AvgIpc) is 2.81. The molecule has 1 amide bonds. The van der Waals surface area contributed by atoms with Crippen LogP contribution >= 0.6 is 0 Å². The molecule has 11 aromatic carbocycles. The number of anilines is 3. The summed E-state index contributed by atoms with van der Waals surface area (Å²) in [6.07, 6.45) is 4.29. The lowest BCUT2D eigenvalue weighted by molar-refractivity contribution is 0.102. The fraction of sp³-hybridized carbons (Fsp3) is 0.230. The first-order valence-electron chi connectivity index (χ1n) is 29.4. The highest BCUT2D eigenvalue weighted by Gasteiger charge is 2.05. The molecular formula is C87H114N2O. The molecule has 0 aromatic heterocycles. The van der Waals surface area contributed by atoms with Gasteiger partial charge in [-0.3, -0.25) is 4.79 Å². The molecule has 0 aliphatic carbocycles. The first-order chi connectivity index (χ1) is 40.6. The summed E-state index contributed by atoms with van der Waals surface area (Å²) in [5.74, 6) is -0.0776. The van der Waals surface area contributed by atoms with E-state index in [9.17, 15) is 4.79 Å². The van der Waals surface area contributed by atoms with Crippen LogP contribution in [-0.4, -0.2) is 5.91 Å². The molecule has 0 bridgehead atoms. The van der Waals surface area contributed by atoms with Crippen molar-refractivity contribution in [3.05, 3.63) is 339 Å². The van der Waals surface area contributed by atoms with Crippen LogP contribution in [0.4, 0.5) is 17.1 Å². The molecule has 0 saturated heterocycles. The summed E-state index contributed by atoms with van der Waals surface area (Å²) in [4.78, 5) is 11.8. The minimum absolute atomic E-state index is 0. The van der Waals surface area contributed by atoms with Gasteiger partial charge in [0.2, 0.25) is 0 Å². The standard InChI is InChI=1S/C16H16.C14H13NO.C14H15N.C14H14.C12H12.C7H8.2C2H6.6CH4/c1-13-3-7-15(8-4-13)11-12-16-9-5-14(2)6-10-16;1-11-7-9-12(10-8-11)14(16)15-13-5-3-2-4-6-13;1-11-3-7-13(8-4-11)15-14-9-5-12(2)6-10-14;1-11-3-7-13(8-4-11)14-9-5-12(2)6-10-14;1-9-3-5-12-8-10(2)4-6-11(12)7-9;1-7-5-3-2-4-6-7;2*1-2;;;;;;/h3-12H,1-2H3;2-10H,1H3,(H,15,16);3-10,15H,1-2H3;3-10H,1-2H3;3-8H,1-2H3;2-6H,1H3;2*1-2H3;6*1H4. The molecule has 0 spiro atoms. The minimum atomic E-state index is -0.0776. The Morgan fingerprint density at radius 2 is 0.522 bits per heavy atom. The largest absolute Gasteiger partial charge is 0.356 e. The maximum Gasteiger partial charge on any atom is 0.255 e. The van der Waals surface area contributed by atoms with Gasteiger partial charge in [0.15, 0.2) is 0 Å². The molecule has 11 rings (SSSR count). The third-order valence-corrected chi connectivity index (χ3v) is 12.9. The number of rotatable bonds is 7. The van der Waals surface area contributed by atoms with Crippen LogP contribution in [-0.2, 0) is 0 Å². The van der Waals surface area contributed by atoms with Crippen molar-refractivity contribution in [2.24, 2.45) is 0 Å². The SMILES string of the molecule is C.C.C.C.C.C.CC.CC.Cc1ccc(-c2ccc(C)cc2)cc1.Cc1ccc(C(=O)Nc2ccccc2)cc1.Cc1ccc(C=Cc2ccc(C)cc2)cc1.Cc1ccc(Nc2ccc(C)cc2)cc1.Cc1ccc2cc(C)ccc2c1.Cc1ccccc1. The molecule has 0 atom stereocenters. The Morgan fingerprint density at radius 3 is 0.822 bits per heavy atom. The number of hydrogen-bond acceptors (Lipinski definition) is 2. The van der Waals surface area contributed by atoms with Gasteiger partial charge < -0.3 is 10.6 Å². The van der Waals surface area contributed by atoms with Crippen LogP contribution in [0.1, 0.15) is 149 Å². The monoisotopic (exact) mass is 1200 g/mol. The summed E-state index contributed by atoms with van der Waals surface area (Å²) in [5.41, 5.74) is 21.7. The molecule has 0 aliphatic heterocycles. The molecule has 0 fully saturated rings. The van der Waals surface area contributed by atoms with Gasteiger partial charge in [-0.05, 0) is 151 Å². The fourth-order valence-electron chi connectivity index (χ4n) is 7.93. The molecule has 0 unspecified atom stereocenters. The summed E-state index contributed by atoms with van der Waals surface area (Å²) in [7, 11) is 0. The van der Waals surface area contributed by atoms with Gasteiger partial charge in [-0.15, -0.1) is 0 Å². The lowest BCUT2D eigenvalue weighted by Gasteiger charge is -2.06. The van der Waals surface area contributed by atoms with Gasteiger partial charge in [0.1, 0.15) is 0 Å². The summed E-state index contributed by atoms with van der Waals surface area (Å²) < 4.78 is 0. The van der Waals surface area contributed by atoms with E-state index in [2.05, 4.69) is 279 Å². The van der Waals surface area contributed by atoms with E-state index in [1.165, 1.54) is 83.1 Å². The molecule has 3 nitrogen and oxygen atoms in total. The molecule has 11 aromatic rings. The van der Waals surface area contributed by atoms with Crippen LogP contribution in [0.15, 0.2) is 267 Å². The fourth-order valence-corrected chi connectivity index (χ4v) is 7.93. The van der Waals surface area contributed by atoms with Gasteiger partial charge in [-0.2, -0.15) is 0 Å². The number of hydrogen-bond donors (Lipinski definition) is 2. The predicted octanol–water partition coefficient (Wildman–Crippen LogP) is 27.1. The van der Waals surface area contributed by atoms with Crippen molar-refractivity contribution in [2.75, 3.05) is 10.6 Å². The predicted molar refractivity (Wildman–Crippen MR) is 412 cm³/mol. The molecule has 90 heavy (non-hydrogen) atoms. The third-order valence-electron chi connectivity index (χ3n) is 12.9. The number of para-hydroxylation sites is 1. The quantitative estimate of drug-likeness (QED) is 0.156. The first kappa shape index (κ1) is 84.9. The van der Waals surface area contributed by atoms with Crippen molar-refractivity contribution in [3.63, 3.8) is 0 Å². The molecule has 3 heteroatoms. The normalized spacial score (nSPS) is 9.13. The number of carbonyl (C=O) groups excluding carboxylic acids is 1. The van der Waals surface area contributed by atoms with E-state index in [-0.39, 0.29) is 50.5 Å². The highest BCUT2D eigenvalue weighted by atomic mass is 16.1. The number of nitrogens with one attached hydrogen (secondary N) is 2. The Hall–Kier alpha value is -9.31. The first-order valence-corrected chi connectivity index (χ1v) is 29.4. The van der Waals surface area contributed by atoms with E-state index in [4.69, 9.17) is 0 Å². The van der Waals surface area contributed by atoms with Crippen LogP contribution < -0.4 is 10.6 Å². The number of aryl methyl sites for hydroxylation is 10. The molecular weight excluding hydrogens is 1090 g/mol. The van der Waals surface area contributed by atoms with E-state index >= 15 is 0 Å². The van der Waals surface area contributed by atoms with E-state index in [0.29, 0.717) is 5.56 Å². The second kappa shape index (κ2) is 47.7. The minimum Gasteiger partial charge on any atom is -0.356 e. The molecule has 0 aliphatic rings. The van der Waals surface area contributed by atoms with Gasteiger partial charge in [0.05, 0.1) is 0 Å². The Bertz CT molecular complexity index is 3390. The van der Waals surface area contributed by atoms with Crippen LogP contribution in [0.3, 0.4) is 0 Å². The summed E-state index contributed by atoms with van der Waals surface area (Å²) in [6, 6.07) is 91.5. The van der Waals surface area contributed by atoms with E-state index in [0.717, 1.165) is 22.6 Å². The number of fused-ring (bicyclic) bond motifs is 1. The molecule has 0 heterocycles. The Labute approximate surface area is 550 Å². The molecule has 2 N–H and O–H groups in total.